The van der Waals surface area contributed by atoms with Crippen LogP contribution in [0.15, 0.2) is 28.6 Å². The zero-order valence-electron chi connectivity index (χ0n) is 10.3. The van der Waals surface area contributed by atoms with Gasteiger partial charge in [0.1, 0.15) is 10.8 Å². The van der Waals surface area contributed by atoms with Crippen LogP contribution in [0.1, 0.15) is 10.6 Å². The van der Waals surface area contributed by atoms with Gasteiger partial charge in [-0.25, -0.2) is 17.8 Å². The summed E-state index contributed by atoms with van der Waals surface area (Å²) in [5.41, 5.74) is 5.72. The lowest BCUT2D eigenvalue weighted by molar-refractivity contribution is 0.602. The molecule has 0 saturated heterocycles. The van der Waals surface area contributed by atoms with E-state index in [9.17, 15) is 12.8 Å². The standard InChI is InChI=1S/C11H10FN3O2S3/c1-6-14-5-10(19-6)20(16,17)15-9-3-2-7(12)4-8(9)11(13)18/h2-5,15H,1H3,(H2,13,18). The maximum Gasteiger partial charge on any atom is 0.273 e. The molecular weight excluding hydrogens is 321 g/mol. The van der Waals surface area contributed by atoms with Gasteiger partial charge in [0.15, 0.2) is 4.21 Å². The van der Waals surface area contributed by atoms with Crippen molar-refractivity contribution in [1.29, 1.82) is 0 Å². The Labute approximate surface area is 124 Å². The molecule has 0 aliphatic carbocycles. The molecule has 0 unspecified atom stereocenters. The number of nitrogens with two attached hydrogens (primary N) is 1. The quantitative estimate of drug-likeness (QED) is 0.837. The van der Waals surface area contributed by atoms with Gasteiger partial charge in [0.25, 0.3) is 10.0 Å². The highest BCUT2D eigenvalue weighted by Crippen LogP contribution is 2.24. The number of benzene rings is 1. The van der Waals surface area contributed by atoms with Crippen LogP contribution in [0.4, 0.5) is 10.1 Å². The highest BCUT2D eigenvalue weighted by Gasteiger charge is 2.19. The van der Waals surface area contributed by atoms with Crippen LogP contribution in [0.25, 0.3) is 0 Å². The molecule has 0 radical (unpaired) electrons. The van der Waals surface area contributed by atoms with Gasteiger partial charge in [-0.2, -0.15) is 0 Å². The number of aromatic nitrogens is 1. The first-order valence-corrected chi connectivity index (χ1v) is 8.05. The molecule has 0 aliphatic heterocycles. The summed E-state index contributed by atoms with van der Waals surface area (Å²) < 4.78 is 39.9. The number of aryl methyl sites for hydroxylation is 1. The van der Waals surface area contributed by atoms with Gasteiger partial charge in [-0.1, -0.05) is 12.2 Å². The average Bonchev–Trinajstić information content (AvgIpc) is 2.78. The van der Waals surface area contributed by atoms with Gasteiger partial charge >= 0.3 is 0 Å². The van der Waals surface area contributed by atoms with Crippen molar-refractivity contribution in [3.8, 4) is 0 Å². The van der Waals surface area contributed by atoms with Crippen molar-refractivity contribution in [2.75, 3.05) is 4.72 Å². The first-order valence-electron chi connectivity index (χ1n) is 5.34. The summed E-state index contributed by atoms with van der Waals surface area (Å²) in [5.74, 6) is -0.551. The Morgan fingerprint density at radius 3 is 2.75 bits per heavy atom. The Kier molecular flexibility index (Phi) is 4.02. The van der Waals surface area contributed by atoms with Crippen molar-refractivity contribution in [2.24, 2.45) is 5.73 Å². The number of nitrogens with zero attached hydrogens (tertiary/aromatic N) is 1. The predicted molar refractivity (Wildman–Crippen MR) is 79.9 cm³/mol. The van der Waals surface area contributed by atoms with Gasteiger partial charge in [-0.3, -0.25) is 4.72 Å². The predicted octanol–water partition coefficient (Wildman–Crippen LogP) is 2.03. The molecule has 106 valence electrons. The maximum atomic E-state index is 13.2. The fourth-order valence-electron chi connectivity index (χ4n) is 1.47. The van der Waals surface area contributed by atoms with Crippen LogP contribution < -0.4 is 10.5 Å². The second-order valence-corrected chi connectivity index (χ2v) is 7.44. The molecule has 9 heteroatoms. The molecule has 0 fully saturated rings. The second-order valence-electron chi connectivity index (χ2n) is 3.86. The van der Waals surface area contributed by atoms with E-state index in [4.69, 9.17) is 18.0 Å². The molecule has 0 bridgehead atoms. The number of nitrogens with one attached hydrogen (secondary N) is 1. The number of rotatable bonds is 4. The van der Waals surface area contributed by atoms with Crippen molar-refractivity contribution in [2.45, 2.75) is 11.1 Å². The van der Waals surface area contributed by atoms with Crippen molar-refractivity contribution in [3.63, 3.8) is 0 Å². The number of hydrogen-bond donors (Lipinski definition) is 2. The van der Waals surface area contributed by atoms with E-state index in [2.05, 4.69) is 9.71 Å². The molecule has 2 aromatic rings. The Hall–Kier alpha value is -1.58. The van der Waals surface area contributed by atoms with E-state index in [1.807, 2.05) is 0 Å². The molecule has 1 aromatic carbocycles. The van der Waals surface area contributed by atoms with Crippen molar-refractivity contribution < 1.29 is 12.8 Å². The number of sulfonamides is 1. The summed E-state index contributed by atoms with van der Waals surface area (Å²) >= 11 is 5.82. The summed E-state index contributed by atoms with van der Waals surface area (Å²) in [6.45, 7) is 1.70. The van der Waals surface area contributed by atoms with E-state index in [-0.39, 0.29) is 20.4 Å². The number of hydrogen-bond acceptors (Lipinski definition) is 5. The zero-order valence-corrected chi connectivity index (χ0v) is 12.7. The van der Waals surface area contributed by atoms with Gasteiger partial charge in [-0.15, -0.1) is 11.3 Å². The lowest BCUT2D eigenvalue weighted by Gasteiger charge is -2.10. The lowest BCUT2D eigenvalue weighted by Crippen LogP contribution is -2.17. The average molecular weight is 331 g/mol. The summed E-state index contributed by atoms with van der Waals surface area (Å²) in [7, 11) is -3.79. The Bertz CT molecular complexity index is 771. The molecule has 0 spiro atoms. The lowest BCUT2D eigenvalue weighted by atomic mass is 10.2. The van der Waals surface area contributed by atoms with Gasteiger partial charge in [0.05, 0.1) is 16.9 Å². The van der Waals surface area contributed by atoms with E-state index >= 15 is 0 Å². The summed E-state index contributed by atoms with van der Waals surface area (Å²) in [5, 5.41) is 0.624. The van der Waals surface area contributed by atoms with E-state index in [0.717, 1.165) is 23.5 Å². The van der Waals surface area contributed by atoms with Crippen LogP contribution in [0.3, 0.4) is 0 Å². The van der Waals surface area contributed by atoms with Crippen molar-refractivity contribution in [3.05, 3.63) is 40.8 Å². The number of thiocarbonyl (C=S) groups is 1. The summed E-state index contributed by atoms with van der Waals surface area (Å²) in [4.78, 5) is 3.79. The molecule has 2 rings (SSSR count). The molecule has 1 aromatic heterocycles. The van der Waals surface area contributed by atoms with Gasteiger partial charge in [0.2, 0.25) is 0 Å². The van der Waals surface area contributed by atoms with Crippen LogP contribution in [-0.4, -0.2) is 18.4 Å². The highest BCUT2D eigenvalue weighted by molar-refractivity contribution is 7.94. The van der Waals surface area contributed by atoms with Gasteiger partial charge in [0, 0.05) is 5.56 Å². The Morgan fingerprint density at radius 1 is 1.50 bits per heavy atom. The molecule has 1 heterocycles. The number of thiazole rings is 1. The smallest absolute Gasteiger partial charge is 0.273 e. The first kappa shape index (κ1) is 14.8. The van der Waals surface area contributed by atoms with Crippen LogP contribution in [0, 0.1) is 12.7 Å². The molecule has 20 heavy (non-hydrogen) atoms. The van der Waals surface area contributed by atoms with Gasteiger partial charge < -0.3 is 5.73 Å². The van der Waals surface area contributed by atoms with Crippen molar-refractivity contribution in [1.82, 2.24) is 4.98 Å². The summed E-state index contributed by atoms with van der Waals surface area (Å²) in [6.07, 6.45) is 1.26. The van der Waals surface area contributed by atoms with E-state index in [1.54, 1.807) is 6.92 Å². The molecule has 0 saturated carbocycles. The first-order chi connectivity index (χ1) is 9.29. The third kappa shape index (κ3) is 3.11. The SMILES string of the molecule is Cc1ncc(S(=O)(=O)Nc2ccc(F)cc2C(N)=S)s1. The summed E-state index contributed by atoms with van der Waals surface area (Å²) in [6, 6.07) is 3.48. The number of halogens is 1. The third-order valence-electron chi connectivity index (χ3n) is 2.36. The topological polar surface area (TPSA) is 85.1 Å². The Morgan fingerprint density at radius 2 is 2.20 bits per heavy atom. The highest BCUT2D eigenvalue weighted by atomic mass is 32.2. The Balaban J connectivity index is 2.42. The monoisotopic (exact) mass is 331 g/mol. The van der Waals surface area contributed by atoms with Gasteiger partial charge in [-0.05, 0) is 25.1 Å². The minimum Gasteiger partial charge on any atom is -0.389 e. The minimum atomic E-state index is -3.79. The number of anilines is 1. The van der Waals surface area contributed by atoms with Crippen LogP contribution in [0.2, 0.25) is 0 Å². The fourth-order valence-corrected chi connectivity index (χ4v) is 3.83. The molecule has 0 amide bonds. The van der Waals surface area contributed by atoms with E-state index in [1.165, 1.54) is 12.3 Å². The zero-order chi connectivity index (χ0) is 14.9. The molecular formula is C11H10FN3O2S3. The van der Waals surface area contributed by atoms with E-state index in [0.29, 0.717) is 5.01 Å². The van der Waals surface area contributed by atoms with Crippen LogP contribution >= 0.6 is 23.6 Å². The molecule has 0 atom stereocenters. The van der Waals surface area contributed by atoms with Crippen LogP contribution in [0.5, 0.6) is 0 Å². The third-order valence-corrected chi connectivity index (χ3v) is 5.32. The normalized spacial score (nSPS) is 11.3. The second kappa shape index (κ2) is 5.43. The molecule has 0 aliphatic rings. The van der Waals surface area contributed by atoms with Crippen molar-refractivity contribution >= 4 is 44.3 Å². The van der Waals surface area contributed by atoms with Crippen LogP contribution in [-0.2, 0) is 10.0 Å². The largest absolute Gasteiger partial charge is 0.389 e. The molecule has 5 nitrogen and oxygen atoms in total. The maximum absolute atomic E-state index is 13.2. The van der Waals surface area contributed by atoms with E-state index < -0.39 is 15.8 Å². The molecule has 3 N–H and O–H groups in total. The fraction of sp³-hybridized carbons (Fsp3) is 0.0909. The minimum absolute atomic E-state index is 0.0632.